The smallest absolute Gasteiger partial charge is 0.233 e. The average molecular weight is 366 g/mol. The standard InChI is InChI=1S/C18H20ClNO3S/c1-12(24-15-7-5-14(19)6-8-15)18(21)20-11-13-4-9-16(22-2)17(10-13)23-3/h4-10,12H,11H2,1-3H3,(H,20,21)/t12-/m0/s1. The van der Waals surface area contributed by atoms with E-state index in [1.807, 2.05) is 49.4 Å². The van der Waals surface area contributed by atoms with Crippen molar-refractivity contribution >= 4 is 29.3 Å². The predicted octanol–water partition coefficient (Wildman–Crippen LogP) is 4.15. The first-order valence-corrected chi connectivity index (χ1v) is 8.70. The van der Waals surface area contributed by atoms with Gasteiger partial charge in [0.05, 0.1) is 19.5 Å². The van der Waals surface area contributed by atoms with Gasteiger partial charge < -0.3 is 14.8 Å². The second-order valence-electron chi connectivity index (χ2n) is 5.12. The lowest BCUT2D eigenvalue weighted by Crippen LogP contribution is -2.30. The zero-order valence-electron chi connectivity index (χ0n) is 13.8. The van der Waals surface area contributed by atoms with E-state index in [1.165, 1.54) is 11.8 Å². The van der Waals surface area contributed by atoms with Crippen LogP contribution in [0, 0.1) is 0 Å². The highest BCUT2D eigenvalue weighted by Gasteiger charge is 2.14. The number of ether oxygens (including phenoxy) is 2. The number of amides is 1. The SMILES string of the molecule is COc1ccc(CNC(=O)[C@H](C)Sc2ccc(Cl)cc2)cc1OC. The van der Waals surface area contributed by atoms with Gasteiger partial charge in [0.25, 0.3) is 0 Å². The minimum atomic E-state index is -0.202. The molecule has 4 nitrogen and oxygen atoms in total. The number of methoxy groups -OCH3 is 2. The molecule has 0 radical (unpaired) electrons. The van der Waals surface area contributed by atoms with Crippen LogP contribution in [0.15, 0.2) is 47.4 Å². The van der Waals surface area contributed by atoms with Crippen molar-refractivity contribution in [3.63, 3.8) is 0 Å². The molecule has 0 aliphatic rings. The van der Waals surface area contributed by atoms with E-state index in [0.717, 1.165) is 10.5 Å². The molecule has 2 aromatic carbocycles. The summed E-state index contributed by atoms with van der Waals surface area (Å²) in [6.07, 6.45) is 0. The van der Waals surface area contributed by atoms with Crippen LogP contribution in [-0.4, -0.2) is 25.4 Å². The second-order valence-corrected chi connectivity index (χ2v) is 6.97. The van der Waals surface area contributed by atoms with Gasteiger partial charge in [-0.3, -0.25) is 4.79 Å². The molecule has 128 valence electrons. The average Bonchev–Trinajstić information content (AvgIpc) is 2.61. The molecule has 0 heterocycles. The first-order valence-electron chi connectivity index (χ1n) is 7.44. The first kappa shape index (κ1) is 18.5. The molecule has 0 saturated carbocycles. The normalized spacial score (nSPS) is 11.7. The highest BCUT2D eigenvalue weighted by molar-refractivity contribution is 8.00. The topological polar surface area (TPSA) is 47.6 Å². The van der Waals surface area contributed by atoms with Crippen LogP contribution in [0.2, 0.25) is 5.02 Å². The Balaban J connectivity index is 1.91. The van der Waals surface area contributed by atoms with E-state index in [9.17, 15) is 4.79 Å². The van der Waals surface area contributed by atoms with Gasteiger partial charge >= 0.3 is 0 Å². The number of rotatable bonds is 7. The minimum Gasteiger partial charge on any atom is -0.493 e. The van der Waals surface area contributed by atoms with Crippen molar-refractivity contribution in [2.45, 2.75) is 23.6 Å². The lowest BCUT2D eigenvalue weighted by atomic mass is 10.2. The Bertz CT molecular complexity index is 691. The fourth-order valence-corrected chi connectivity index (χ4v) is 3.11. The predicted molar refractivity (Wildman–Crippen MR) is 98.2 cm³/mol. The quantitative estimate of drug-likeness (QED) is 0.748. The molecule has 0 aliphatic heterocycles. The number of nitrogens with one attached hydrogen (secondary N) is 1. The third kappa shape index (κ3) is 5.08. The van der Waals surface area contributed by atoms with E-state index in [0.29, 0.717) is 23.1 Å². The molecule has 24 heavy (non-hydrogen) atoms. The summed E-state index contributed by atoms with van der Waals surface area (Å²) < 4.78 is 10.5. The number of hydrogen-bond donors (Lipinski definition) is 1. The number of carbonyl (C=O) groups is 1. The molecule has 0 aliphatic carbocycles. The van der Waals surface area contributed by atoms with Crippen molar-refractivity contribution in [3.05, 3.63) is 53.1 Å². The van der Waals surface area contributed by atoms with E-state index in [2.05, 4.69) is 5.32 Å². The molecular formula is C18H20ClNO3S. The number of benzene rings is 2. The lowest BCUT2D eigenvalue weighted by Gasteiger charge is -2.13. The molecular weight excluding hydrogens is 346 g/mol. The Labute approximate surface area is 151 Å². The van der Waals surface area contributed by atoms with Gasteiger partial charge in [0.1, 0.15) is 0 Å². The van der Waals surface area contributed by atoms with Gasteiger partial charge in [-0.2, -0.15) is 0 Å². The Morgan fingerprint density at radius 3 is 2.42 bits per heavy atom. The molecule has 2 rings (SSSR count). The second kappa shape index (κ2) is 8.85. The summed E-state index contributed by atoms with van der Waals surface area (Å²) in [7, 11) is 3.18. The van der Waals surface area contributed by atoms with E-state index in [4.69, 9.17) is 21.1 Å². The van der Waals surface area contributed by atoms with Crippen LogP contribution in [0.1, 0.15) is 12.5 Å². The largest absolute Gasteiger partial charge is 0.493 e. The van der Waals surface area contributed by atoms with Crippen molar-refractivity contribution < 1.29 is 14.3 Å². The zero-order chi connectivity index (χ0) is 17.5. The van der Waals surface area contributed by atoms with Crippen molar-refractivity contribution in [3.8, 4) is 11.5 Å². The molecule has 0 aromatic heterocycles. The van der Waals surface area contributed by atoms with Crippen molar-refractivity contribution in [1.29, 1.82) is 0 Å². The van der Waals surface area contributed by atoms with Crippen molar-refractivity contribution in [1.82, 2.24) is 5.32 Å². The van der Waals surface area contributed by atoms with E-state index in [1.54, 1.807) is 14.2 Å². The Hall–Kier alpha value is -1.85. The molecule has 0 unspecified atom stereocenters. The molecule has 1 atom stereocenters. The summed E-state index contributed by atoms with van der Waals surface area (Å²) in [6, 6.07) is 13.0. The zero-order valence-corrected chi connectivity index (χ0v) is 15.4. The van der Waals surface area contributed by atoms with Crippen LogP contribution < -0.4 is 14.8 Å². The molecule has 0 bridgehead atoms. The van der Waals surface area contributed by atoms with Crippen LogP contribution in [0.25, 0.3) is 0 Å². The van der Waals surface area contributed by atoms with E-state index in [-0.39, 0.29) is 11.2 Å². The van der Waals surface area contributed by atoms with Crippen molar-refractivity contribution in [2.75, 3.05) is 14.2 Å². The molecule has 0 saturated heterocycles. The lowest BCUT2D eigenvalue weighted by molar-refractivity contribution is -0.120. The summed E-state index contributed by atoms with van der Waals surface area (Å²) in [6.45, 7) is 2.31. The van der Waals surface area contributed by atoms with Crippen LogP contribution in [-0.2, 0) is 11.3 Å². The number of carbonyl (C=O) groups excluding carboxylic acids is 1. The summed E-state index contributed by atoms with van der Waals surface area (Å²) >= 11 is 7.36. The van der Waals surface area contributed by atoms with Crippen molar-refractivity contribution in [2.24, 2.45) is 0 Å². The van der Waals surface area contributed by atoms with Crippen LogP contribution in [0.5, 0.6) is 11.5 Å². The highest BCUT2D eigenvalue weighted by Crippen LogP contribution is 2.28. The maximum absolute atomic E-state index is 12.3. The molecule has 0 fully saturated rings. The van der Waals surface area contributed by atoms with Crippen LogP contribution in [0.3, 0.4) is 0 Å². The van der Waals surface area contributed by atoms with Crippen LogP contribution in [0.4, 0.5) is 0 Å². The monoisotopic (exact) mass is 365 g/mol. The van der Waals surface area contributed by atoms with E-state index < -0.39 is 0 Å². The maximum atomic E-state index is 12.3. The van der Waals surface area contributed by atoms with Gasteiger partial charge in [-0.1, -0.05) is 17.7 Å². The van der Waals surface area contributed by atoms with Gasteiger partial charge in [0.2, 0.25) is 5.91 Å². The summed E-state index contributed by atoms with van der Waals surface area (Å²) in [4.78, 5) is 13.3. The summed E-state index contributed by atoms with van der Waals surface area (Å²) in [5, 5.41) is 3.42. The fraction of sp³-hybridized carbons (Fsp3) is 0.278. The summed E-state index contributed by atoms with van der Waals surface area (Å²) in [5.41, 5.74) is 0.949. The maximum Gasteiger partial charge on any atom is 0.233 e. The number of thioether (sulfide) groups is 1. The number of hydrogen-bond acceptors (Lipinski definition) is 4. The molecule has 2 aromatic rings. The highest BCUT2D eigenvalue weighted by atomic mass is 35.5. The molecule has 0 spiro atoms. The minimum absolute atomic E-state index is 0.0234. The van der Waals surface area contributed by atoms with Gasteiger partial charge in [0.15, 0.2) is 11.5 Å². The van der Waals surface area contributed by atoms with Gasteiger partial charge in [-0.25, -0.2) is 0 Å². The third-order valence-electron chi connectivity index (χ3n) is 3.41. The van der Waals surface area contributed by atoms with Gasteiger partial charge in [0, 0.05) is 16.5 Å². The Morgan fingerprint density at radius 2 is 1.79 bits per heavy atom. The molecule has 1 N–H and O–H groups in total. The Morgan fingerprint density at radius 1 is 1.12 bits per heavy atom. The van der Waals surface area contributed by atoms with Gasteiger partial charge in [-0.05, 0) is 48.9 Å². The Kier molecular flexibility index (Phi) is 6.82. The molecule has 1 amide bonds. The third-order valence-corrected chi connectivity index (χ3v) is 4.77. The number of halogens is 1. The van der Waals surface area contributed by atoms with Gasteiger partial charge in [-0.15, -0.1) is 11.8 Å². The fourth-order valence-electron chi connectivity index (χ4n) is 2.09. The molecule has 6 heteroatoms. The van der Waals surface area contributed by atoms with E-state index >= 15 is 0 Å². The summed E-state index contributed by atoms with van der Waals surface area (Å²) in [5.74, 6) is 1.29. The first-order chi connectivity index (χ1) is 11.5. The van der Waals surface area contributed by atoms with Crippen LogP contribution >= 0.6 is 23.4 Å².